The van der Waals surface area contributed by atoms with Gasteiger partial charge in [0.15, 0.2) is 5.84 Å². The average Bonchev–Trinajstić information content (AvgIpc) is 3.26. The molecule has 0 amide bonds. The number of benzene rings is 1. The molecule has 12 nitrogen and oxygen atoms in total. The molecule has 1 aliphatic rings. The van der Waals surface area contributed by atoms with Crippen LogP contribution in [0.25, 0.3) is 11.0 Å². The highest BCUT2D eigenvalue weighted by atomic mass is 32.3. The molecule has 0 saturated carbocycles. The van der Waals surface area contributed by atoms with Crippen molar-refractivity contribution in [3.8, 4) is 5.75 Å². The molecule has 33 heavy (non-hydrogen) atoms. The van der Waals surface area contributed by atoms with Crippen LogP contribution in [0, 0.1) is 10.1 Å². The Morgan fingerprint density at radius 1 is 1.15 bits per heavy atom. The summed E-state index contributed by atoms with van der Waals surface area (Å²) in [5.41, 5.74) is -0.656. The van der Waals surface area contributed by atoms with Crippen LogP contribution < -0.4 is 10.9 Å². The first kappa shape index (κ1) is 20.7. The van der Waals surface area contributed by atoms with Gasteiger partial charge in [0.25, 0.3) is 5.56 Å². The van der Waals surface area contributed by atoms with E-state index < -0.39 is 32.9 Å². The Morgan fingerprint density at radius 3 is 2.70 bits per heavy atom. The van der Waals surface area contributed by atoms with Crippen LogP contribution in [0.4, 0.5) is 11.6 Å². The minimum Gasteiger partial charge on any atom is -0.506 e. The van der Waals surface area contributed by atoms with Gasteiger partial charge in [0, 0.05) is 6.20 Å². The van der Waals surface area contributed by atoms with Gasteiger partial charge in [-0.2, -0.15) is 0 Å². The Hall–Kier alpha value is -4.20. The summed E-state index contributed by atoms with van der Waals surface area (Å²) in [4.78, 5) is 28.0. The number of para-hydroxylation sites is 1. The van der Waals surface area contributed by atoms with E-state index in [-0.39, 0.29) is 39.6 Å². The molecule has 0 atom stereocenters. The normalized spacial score (nSPS) is 15.4. The van der Waals surface area contributed by atoms with E-state index in [1.807, 2.05) is 0 Å². The number of nitro groups is 1. The molecule has 0 saturated heterocycles. The number of pyridine rings is 2. The molecule has 13 heteroatoms. The van der Waals surface area contributed by atoms with E-state index in [1.165, 1.54) is 24.4 Å². The van der Waals surface area contributed by atoms with Crippen LogP contribution in [0.3, 0.4) is 0 Å². The third kappa shape index (κ3) is 3.40. The topological polar surface area (TPSA) is 176 Å². The molecule has 168 valence electrons. The number of anilines is 1. The largest absolute Gasteiger partial charge is 0.506 e. The first-order valence-electron chi connectivity index (χ1n) is 9.44. The van der Waals surface area contributed by atoms with Crippen LogP contribution in [0.1, 0.15) is 11.3 Å². The van der Waals surface area contributed by atoms with Crippen LogP contribution >= 0.6 is 10.8 Å². The Labute approximate surface area is 186 Å². The highest BCUT2D eigenvalue weighted by Crippen LogP contribution is 2.55. The van der Waals surface area contributed by atoms with E-state index in [9.17, 15) is 29.1 Å². The molecule has 0 unspecified atom stereocenters. The van der Waals surface area contributed by atoms with Gasteiger partial charge in [-0.15, -0.1) is 4.40 Å². The van der Waals surface area contributed by atoms with E-state index in [0.29, 0.717) is 5.69 Å². The second-order valence-electron chi connectivity index (χ2n) is 7.07. The minimum absolute atomic E-state index is 0.103. The van der Waals surface area contributed by atoms with Gasteiger partial charge in [-0.25, -0.2) is 4.98 Å². The third-order valence-corrected chi connectivity index (χ3v) is 6.41. The van der Waals surface area contributed by atoms with E-state index >= 15 is 0 Å². The molecule has 1 aromatic carbocycles. The lowest BCUT2D eigenvalue weighted by molar-refractivity contribution is -0.402. The number of nitrogens with one attached hydrogen (secondary N) is 1. The zero-order valence-electron chi connectivity index (χ0n) is 16.6. The van der Waals surface area contributed by atoms with Crippen molar-refractivity contribution in [1.82, 2.24) is 9.55 Å². The lowest BCUT2D eigenvalue weighted by atomic mass is 10.1. The van der Waals surface area contributed by atoms with Crippen LogP contribution in [0.15, 0.2) is 73.2 Å². The summed E-state index contributed by atoms with van der Waals surface area (Å²) >= 11 is 0. The van der Waals surface area contributed by atoms with Gasteiger partial charge >= 0.3 is 5.88 Å². The predicted octanol–water partition coefficient (Wildman–Crippen LogP) is 3.55. The molecule has 5 rings (SSSR count). The summed E-state index contributed by atoms with van der Waals surface area (Å²) in [5.74, 6) is -1.06. The molecule has 0 aliphatic carbocycles. The third-order valence-electron chi connectivity index (χ3n) is 5.03. The molecule has 0 radical (unpaired) electrons. The number of amidine groups is 1. The van der Waals surface area contributed by atoms with Gasteiger partial charge < -0.3 is 14.8 Å². The number of rotatable bonds is 4. The Kier molecular flexibility index (Phi) is 4.67. The molecule has 4 aromatic rings. The summed E-state index contributed by atoms with van der Waals surface area (Å²) in [5, 5.41) is 24.9. The van der Waals surface area contributed by atoms with Crippen LogP contribution in [0.2, 0.25) is 0 Å². The fourth-order valence-electron chi connectivity index (χ4n) is 3.57. The van der Waals surface area contributed by atoms with Crippen molar-refractivity contribution in [2.75, 3.05) is 5.32 Å². The van der Waals surface area contributed by atoms with Crippen molar-refractivity contribution in [2.24, 2.45) is 4.40 Å². The second-order valence-corrected chi connectivity index (χ2v) is 8.73. The quantitative estimate of drug-likeness (QED) is 0.257. The summed E-state index contributed by atoms with van der Waals surface area (Å²) < 4.78 is 31.3. The fourth-order valence-corrected chi connectivity index (χ4v) is 4.74. The summed E-state index contributed by atoms with van der Waals surface area (Å²) in [6.07, 6.45) is 1.42. The van der Waals surface area contributed by atoms with Gasteiger partial charge in [-0.1, -0.05) is 22.9 Å². The average molecular weight is 469 g/mol. The van der Waals surface area contributed by atoms with Crippen LogP contribution in [0.5, 0.6) is 5.75 Å². The molecule has 4 heterocycles. The number of aromatic hydroxyl groups is 1. The maximum Gasteiger partial charge on any atom is 0.433 e. The van der Waals surface area contributed by atoms with E-state index in [2.05, 4.69) is 14.7 Å². The van der Waals surface area contributed by atoms with Crippen LogP contribution in [-0.4, -0.2) is 34.5 Å². The van der Waals surface area contributed by atoms with Crippen molar-refractivity contribution in [3.05, 3.63) is 86.5 Å². The van der Waals surface area contributed by atoms with Crippen molar-refractivity contribution in [1.29, 1.82) is 0 Å². The SMILES string of the molecule is O=c1c(C2=NS(O)(O)c3ccccc3N2)c(O)c2cccnc2n1Cc1ccc([N+](=O)[O-])o1. The summed E-state index contributed by atoms with van der Waals surface area (Å²) in [6, 6.07) is 11.9. The number of nitrogens with zero attached hydrogens (tertiary/aromatic N) is 4. The highest BCUT2D eigenvalue weighted by Gasteiger charge is 2.30. The van der Waals surface area contributed by atoms with E-state index in [0.717, 1.165) is 10.6 Å². The number of hydrogen-bond acceptors (Lipinski definition) is 10. The molecule has 0 spiro atoms. The monoisotopic (exact) mass is 469 g/mol. The van der Waals surface area contributed by atoms with Crippen molar-refractivity contribution >= 4 is 39.2 Å². The molecule has 0 bridgehead atoms. The number of aromatic nitrogens is 2. The molecular weight excluding hydrogens is 454 g/mol. The van der Waals surface area contributed by atoms with Gasteiger partial charge in [-0.3, -0.25) is 28.6 Å². The van der Waals surface area contributed by atoms with Gasteiger partial charge in [0.1, 0.15) is 32.5 Å². The lowest BCUT2D eigenvalue weighted by Crippen LogP contribution is -2.32. The maximum atomic E-state index is 13.5. The molecule has 4 N–H and O–H groups in total. The van der Waals surface area contributed by atoms with Crippen molar-refractivity contribution in [2.45, 2.75) is 11.4 Å². The van der Waals surface area contributed by atoms with Gasteiger partial charge in [0.05, 0.1) is 23.7 Å². The highest BCUT2D eigenvalue weighted by molar-refractivity contribution is 8.23. The zero-order valence-corrected chi connectivity index (χ0v) is 17.4. The Morgan fingerprint density at radius 2 is 1.94 bits per heavy atom. The predicted molar refractivity (Wildman–Crippen MR) is 120 cm³/mol. The van der Waals surface area contributed by atoms with Gasteiger partial charge in [-0.05, 0) is 30.3 Å². The van der Waals surface area contributed by atoms with E-state index in [4.69, 9.17) is 4.42 Å². The molecule has 0 fully saturated rings. The number of hydrogen-bond donors (Lipinski definition) is 4. The number of fused-ring (bicyclic) bond motifs is 2. The summed E-state index contributed by atoms with van der Waals surface area (Å²) in [7, 11) is -3.65. The standard InChI is InChI=1S/C20H15N5O7S/c26-17-12-4-3-9-21-19(12)24(10-11-7-8-15(32-11)25(28)29)20(27)16(17)18-22-13-5-1-2-6-14(13)33(30,31)23-18/h1-9,26,30-31H,10H2,(H,22,23). The van der Waals surface area contributed by atoms with Crippen molar-refractivity contribution < 1.29 is 23.6 Å². The fraction of sp³-hybridized carbons (Fsp3) is 0.0500. The lowest BCUT2D eigenvalue weighted by Gasteiger charge is -2.34. The number of furan rings is 1. The van der Waals surface area contributed by atoms with Crippen LogP contribution in [-0.2, 0) is 6.54 Å². The second kappa shape index (κ2) is 7.44. The van der Waals surface area contributed by atoms with E-state index in [1.54, 1.807) is 24.3 Å². The first-order chi connectivity index (χ1) is 15.8. The Bertz CT molecular complexity index is 1530. The zero-order chi connectivity index (χ0) is 23.3. The van der Waals surface area contributed by atoms with Gasteiger partial charge in [0.2, 0.25) is 0 Å². The Balaban J connectivity index is 1.72. The van der Waals surface area contributed by atoms with Crippen molar-refractivity contribution in [3.63, 3.8) is 0 Å². The summed E-state index contributed by atoms with van der Waals surface area (Å²) in [6.45, 7) is -0.229. The minimum atomic E-state index is -3.65. The first-order valence-corrected chi connectivity index (χ1v) is 10.9. The molecule has 1 aliphatic heterocycles. The molecular formula is C20H15N5O7S. The molecule has 3 aromatic heterocycles. The smallest absolute Gasteiger partial charge is 0.433 e. The maximum absolute atomic E-state index is 13.5.